The third-order valence-corrected chi connectivity index (χ3v) is 5.43. The second kappa shape index (κ2) is 8.99. The fourth-order valence-electron chi connectivity index (χ4n) is 2.99. The summed E-state index contributed by atoms with van der Waals surface area (Å²) in [4.78, 5) is 16.0. The van der Waals surface area contributed by atoms with E-state index >= 15 is 0 Å². The van der Waals surface area contributed by atoms with Crippen molar-refractivity contribution in [1.29, 1.82) is 0 Å². The molecular formula is C20H21N5O2S. The molecule has 0 radical (unpaired) electrons. The molecule has 28 heavy (non-hydrogen) atoms. The van der Waals surface area contributed by atoms with Gasteiger partial charge in [0.05, 0.1) is 23.9 Å². The van der Waals surface area contributed by atoms with E-state index in [2.05, 4.69) is 20.5 Å². The van der Waals surface area contributed by atoms with Crippen LogP contribution in [0.1, 0.15) is 12.8 Å². The van der Waals surface area contributed by atoms with Gasteiger partial charge in [-0.15, -0.1) is 10.2 Å². The summed E-state index contributed by atoms with van der Waals surface area (Å²) in [7, 11) is 0. The van der Waals surface area contributed by atoms with Crippen molar-refractivity contribution in [2.75, 3.05) is 18.9 Å². The lowest BCUT2D eigenvalue weighted by atomic mass is 10.1. The Morgan fingerprint density at radius 1 is 1.21 bits per heavy atom. The molecule has 0 saturated carbocycles. The van der Waals surface area contributed by atoms with Crippen LogP contribution in [0.5, 0.6) is 0 Å². The van der Waals surface area contributed by atoms with Gasteiger partial charge in [-0.2, -0.15) is 0 Å². The highest BCUT2D eigenvalue weighted by Gasteiger charge is 2.16. The SMILES string of the molecule is O=C(CSc1ccc(-c2ccc(-n3ccnc3)cc2)nn1)NCC1CCCO1. The number of imidazole rings is 1. The van der Waals surface area contributed by atoms with Gasteiger partial charge in [0, 0.05) is 36.8 Å². The minimum Gasteiger partial charge on any atom is -0.376 e. The number of thioether (sulfide) groups is 1. The van der Waals surface area contributed by atoms with Crippen LogP contribution in [-0.4, -0.2) is 50.7 Å². The molecule has 1 aliphatic heterocycles. The summed E-state index contributed by atoms with van der Waals surface area (Å²) in [5.41, 5.74) is 2.82. The van der Waals surface area contributed by atoms with Crippen molar-refractivity contribution in [2.45, 2.75) is 24.0 Å². The first-order chi connectivity index (χ1) is 13.8. The molecule has 0 bridgehead atoms. The predicted molar refractivity (Wildman–Crippen MR) is 107 cm³/mol. The van der Waals surface area contributed by atoms with E-state index in [1.54, 1.807) is 12.5 Å². The van der Waals surface area contributed by atoms with Gasteiger partial charge in [-0.1, -0.05) is 23.9 Å². The summed E-state index contributed by atoms with van der Waals surface area (Å²) in [5, 5.41) is 12.2. The van der Waals surface area contributed by atoms with Crippen LogP contribution >= 0.6 is 11.8 Å². The molecule has 1 amide bonds. The van der Waals surface area contributed by atoms with E-state index < -0.39 is 0 Å². The van der Waals surface area contributed by atoms with E-state index in [4.69, 9.17) is 4.74 Å². The molecule has 1 aromatic carbocycles. The number of rotatable bonds is 7. The van der Waals surface area contributed by atoms with Crippen LogP contribution in [0.15, 0.2) is 60.1 Å². The first-order valence-corrected chi connectivity index (χ1v) is 10.2. The summed E-state index contributed by atoms with van der Waals surface area (Å²) in [5.74, 6) is 0.307. The van der Waals surface area contributed by atoms with Crippen LogP contribution in [0.4, 0.5) is 0 Å². The normalized spacial score (nSPS) is 16.2. The van der Waals surface area contributed by atoms with Gasteiger partial charge < -0.3 is 14.6 Å². The Labute approximate surface area is 167 Å². The Balaban J connectivity index is 1.29. The van der Waals surface area contributed by atoms with Crippen molar-refractivity contribution in [3.05, 3.63) is 55.1 Å². The maximum Gasteiger partial charge on any atom is 0.230 e. The van der Waals surface area contributed by atoms with Gasteiger partial charge in [-0.3, -0.25) is 4.79 Å². The van der Waals surface area contributed by atoms with E-state index in [1.165, 1.54) is 11.8 Å². The number of hydrogen-bond acceptors (Lipinski definition) is 6. The predicted octanol–water partition coefficient (Wildman–Crippen LogP) is 2.72. The molecule has 3 heterocycles. The third-order valence-electron chi connectivity index (χ3n) is 4.51. The van der Waals surface area contributed by atoms with Gasteiger partial charge in [0.1, 0.15) is 5.03 Å². The number of ether oxygens (including phenoxy) is 1. The van der Waals surface area contributed by atoms with E-state index in [0.717, 1.165) is 41.4 Å². The van der Waals surface area contributed by atoms with Crippen LogP contribution in [0.2, 0.25) is 0 Å². The zero-order valence-electron chi connectivity index (χ0n) is 15.3. The summed E-state index contributed by atoms with van der Waals surface area (Å²) in [6.07, 6.45) is 7.66. The van der Waals surface area contributed by atoms with Crippen LogP contribution in [0, 0.1) is 0 Å². The quantitative estimate of drug-likeness (QED) is 0.620. The summed E-state index contributed by atoms with van der Waals surface area (Å²) in [6, 6.07) is 11.9. The number of hydrogen-bond donors (Lipinski definition) is 1. The van der Waals surface area contributed by atoms with Crippen molar-refractivity contribution >= 4 is 17.7 Å². The van der Waals surface area contributed by atoms with Gasteiger partial charge in [0.25, 0.3) is 0 Å². The number of benzene rings is 1. The topological polar surface area (TPSA) is 81.9 Å². The average Bonchev–Trinajstić information content (AvgIpc) is 3.45. The van der Waals surface area contributed by atoms with Crippen LogP contribution in [0.3, 0.4) is 0 Å². The van der Waals surface area contributed by atoms with Gasteiger partial charge in [-0.05, 0) is 37.1 Å². The maximum atomic E-state index is 11.9. The van der Waals surface area contributed by atoms with Gasteiger partial charge >= 0.3 is 0 Å². The molecule has 1 aliphatic rings. The average molecular weight is 395 g/mol. The molecule has 144 valence electrons. The third kappa shape index (κ3) is 4.76. The van der Waals surface area contributed by atoms with Crippen molar-refractivity contribution in [3.63, 3.8) is 0 Å². The lowest BCUT2D eigenvalue weighted by Gasteiger charge is -2.10. The highest BCUT2D eigenvalue weighted by atomic mass is 32.2. The minimum atomic E-state index is -0.0125. The standard InChI is InChI=1S/C20H21N5O2S/c26-19(22-12-17-2-1-11-27-17)13-28-20-8-7-18(23-24-20)15-3-5-16(6-4-15)25-10-9-21-14-25/h3-10,14,17H,1-2,11-13H2,(H,22,26). The van der Waals surface area contributed by atoms with E-state index in [0.29, 0.717) is 12.3 Å². The fraction of sp³-hybridized carbons (Fsp3) is 0.300. The summed E-state index contributed by atoms with van der Waals surface area (Å²) < 4.78 is 7.44. The number of carbonyl (C=O) groups is 1. The Morgan fingerprint density at radius 2 is 2.11 bits per heavy atom. The second-order valence-corrected chi connectivity index (χ2v) is 7.50. The van der Waals surface area contributed by atoms with Crippen LogP contribution < -0.4 is 5.32 Å². The first-order valence-electron chi connectivity index (χ1n) is 9.21. The smallest absolute Gasteiger partial charge is 0.230 e. The zero-order chi connectivity index (χ0) is 19.2. The Bertz CT molecular complexity index is 891. The molecule has 4 rings (SSSR count). The van der Waals surface area contributed by atoms with Crippen LogP contribution in [0.25, 0.3) is 16.9 Å². The highest BCUT2D eigenvalue weighted by Crippen LogP contribution is 2.21. The van der Waals surface area contributed by atoms with Crippen molar-refractivity contribution < 1.29 is 9.53 Å². The molecule has 8 heteroatoms. The molecule has 1 fully saturated rings. The molecular weight excluding hydrogens is 374 g/mol. The number of nitrogens with one attached hydrogen (secondary N) is 1. The molecule has 7 nitrogen and oxygen atoms in total. The monoisotopic (exact) mass is 395 g/mol. The Morgan fingerprint density at radius 3 is 2.79 bits per heavy atom. The second-order valence-electron chi connectivity index (χ2n) is 6.50. The first kappa shape index (κ1) is 18.6. The molecule has 0 aliphatic carbocycles. The van der Waals surface area contributed by atoms with Crippen molar-refractivity contribution in [2.24, 2.45) is 0 Å². The van der Waals surface area contributed by atoms with Gasteiger partial charge in [-0.25, -0.2) is 4.98 Å². The van der Waals surface area contributed by atoms with E-state index in [1.807, 2.05) is 47.2 Å². The molecule has 1 N–H and O–H groups in total. The van der Waals surface area contributed by atoms with Crippen molar-refractivity contribution in [3.8, 4) is 16.9 Å². The fourth-order valence-corrected chi connectivity index (χ4v) is 3.63. The maximum absolute atomic E-state index is 11.9. The van der Waals surface area contributed by atoms with Crippen LogP contribution in [-0.2, 0) is 9.53 Å². The lowest BCUT2D eigenvalue weighted by Crippen LogP contribution is -2.32. The van der Waals surface area contributed by atoms with Crippen molar-refractivity contribution in [1.82, 2.24) is 25.1 Å². The summed E-state index contributed by atoms with van der Waals surface area (Å²) >= 11 is 1.38. The summed E-state index contributed by atoms with van der Waals surface area (Å²) in [6.45, 7) is 1.38. The lowest BCUT2D eigenvalue weighted by molar-refractivity contribution is -0.119. The van der Waals surface area contributed by atoms with Gasteiger partial charge in [0.2, 0.25) is 5.91 Å². The zero-order valence-corrected chi connectivity index (χ0v) is 16.1. The molecule has 0 spiro atoms. The van der Waals surface area contributed by atoms with Gasteiger partial charge in [0.15, 0.2) is 0 Å². The van der Waals surface area contributed by atoms with E-state index in [-0.39, 0.29) is 12.0 Å². The molecule has 3 aromatic rings. The molecule has 1 unspecified atom stereocenters. The highest BCUT2D eigenvalue weighted by molar-refractivity contribution is 7.99. The number of aromatic nitrogens is 4. The van der Waals surface area contributed by atoms with E-state index in [9.17, 15) is 4.79 Å². The Kier molecular flexibility index (Phi) is 5.98. The number of amides is 1. The largest absolute Gasteiger partial charge is 0.376 e. The molecule has 1 atom stereocenters. The minimum absolute atomic E-state index is 0.0125. The molecule has 1 saturated heterocycles. The Hall–Kier alpha value is -2.71. The number of carbonyl (C=O) groups excluding carboxylic acids is 1. The number of nitrogens with zero attached hydrogens (tertiary/aromatic N) is 4. The molecule has 2 aromatic heterocycles.